The van der Waals surface area contributed by atoms with Crippen molar-refractivity contribution in [2.45, 2.75) is 43.8 Å². The lowest BCUT2D eigenvalue weighted by Crippen LogP contribution is -2.37. The Bertz CT molecular complexity index is 586. The molecule has 0 saturated carbocycles. The van der Waals surface area contributed by atoms with Gasteiger partial charge in [-0.3, -0.25) is 4.79 Å². The van der Waals surface area contributed by atoms with E-state index in [0.29, 0.717) is 0 Å². The molecule has 0 heterocycles. The molecule has 0 fully saturated rings. The normalized spacial score (nSPS) is 12.8. The van der Waals surface area contributed by atoms with Crippen LogP contribution in [0.2, 0.25) is 0 Å². The van der Waals surface area contributed by atoms with Gasteiger partial charge in [-0.2, -0.15) is 0 Å². The first-order chi connectivity index (χ1) is 10.9. The zero-order valence-corrected chi connectivity index (χ0v) is 15.6. The molecule has 0 aliphatic rings. The van der Waals surface area contributed by atoms with Gasteiger partial charge in [0.25, 0.3) is 0 Å². The summed E-state index contributed by atoms with van der Waals surface area (Å²) in [6.07, 6.45) is 2.21. The molecule has 1 rings (SSSR count). The van der Waals surface area contributed by atoms with Gasteiger partial charge >= 0.3 is 0 Å². The summed E-state index contributed by atoms with van der Waals surface area (Å²) in [6.45, 7) is 6.34. The quantitative estimate of drug-likeness (QED) is 0.630. The number of amides is 1. The number of nitrogens with one attached hydrogen (secondary N) is 2. The van der Waals surface area contributed by atoms with Crippen LogP contribution in [0, 0.1) is 6.92 Å². The second-order valence-corrected chi connectivity index (χ2v) is 8.58. The van der Waals surface area contributed by atoms with Crippen molar-refractivity contribution in [3.05, 3.63) is 29.8 Å². The molecule has 0 bridgehead atoms. The van der Waals surface area contributed by atoms with Gasteiger partial charge in [0.2, 0.25) is 15.9 Å². The number of rotatable bonds is 10. The summed E-state index contributed by atoms with van der Waals surface area (Å²) in [6, 6.07) is 6.66. The van der Waals surface area contributed by atoms with E-state index in [0.717, 1.165) is 24.2 Å². The SMILES string of the molecule is CCCCSC(C)C(=O)NCCNS(=O)(=O)c1ccc(C)cc1. The molecule has 23 heavy (non-hydrogen) atoms. The Kier molecular flexibility index (Phi) is 8.65. The summed E-state index contributed by atoms with van der Waals surface area (Å²) < 4.78 is 26.6. The summed E-state index contributed by atoms with van der Waals surface area (Å²) >= 11 is 1.62. The maximum absolute atomic E-state index is 12.1. The molecular weight excluding hydrogens is 332 g/mol. The van der Waals surface area contributed by atoms with Crippen LogP contribution in [0.3, 0.4) is 0 Å². The topological polar surface area (TPSA) is 75.3 Å². The third-order valence-corrected chi connectivity index (χ3v) is 6.00. The van der Waals surface area contributed by atoms with Crippen molar-refractivity contribution in [2.75, 3.05) is 18.8 Å². The first-order valence-electron chi connectivity index (χ1n) is 7.82. The average molecular weight is 359 g/mol. The third-order valence-electron chi connectivity index (χ3n) is 3.28. The molecule has 1 aromatic rings. The van der Waals surface area contributed by atoms with Crippen LogP contribution in [0.15, 0.2) is 29.2 Å². The standard InChI is InChI=1S/C16H26N2O3S2/c1-4-5-12-22-14(3)16(19)17-10-11-18-23(20,21)15-8-6-13(2)7-9-15/h6-9,14,18H,4-5,10-12H2,1-3H3,(H,17,19). The molecule has 5 nitrogen and oxygen atoms in total. The lowest BCUT2D eigenvalue weighted by molar-refractivity contribution is -0.120. The first kappa shape index (κ1) is 20.0. The molecule has 0 saturated heterocycles. The Morgan fingerprint density at radius 2 is 1.87 bits per heavy atom. The molecule has 0 aromatic heterocycles. The van der Waals surface area contributed by atoms with Crippen LogP contribution in [0.1, 0.15) is 32.3 Å². The lowest BCUT2D eigenvalue weighted by atomic mass is 10.2. The third kappa shape index (κ3) is 7.37. The smallest absolute Gasteiger partial charge is 0.240 e. The molecule has 0 aliphatic heterocycles. The van der Waals surface area contributed by atoms with Gasteiger partial charge in [-0.05, 0) is 38.2 Å². The molecule has 1 unspecified atom stereocenters. The fourth-order valence-electron chi connectivity index (χ4n) is 1.80. The van der Waals surface area contributed by atoms with Gasteiger partial charge in [0, 0.05) is 13.1 Å². The highest BCUT2D eigenvalue weighted by atomic mass is 32.2. The van der Waals surface area contributed by atoms with Gasteiger partial charge in [-0.1, -0.05) is 31.0 Å². The predicted molar refractivity (Wildman–Crippen MR) is 96.2 cm³/mol. The highest BCUT2D eigenvalue weighted by molar-refractivity contribution is 8.00. The van der Waals surface area contributed by atoms with Gasteiger partial charge in [0.05, 0.1) is 10.1 Å². The summed E-state index contributed by atoms with van der Waals surface area (Å²) in [4.78, 5) is 12.1. The average Bonchev–Trinajstić information content (AvgIpc) is 2.52. The number of carbonyl (C=O) groups excluding carboxylic acids is 1. The number of sulfonamides is 1. The van der Waals surface area contributed by atoms with E-state index in [1.807, 2.05) is 13.8 Å². The molecule has 7 heteroatoms. The zero-order chi connectivity index (χ0) is 17.3. The van der Waals surface area contributed by atoms with Gasteiger partial charge in [0.1, 0.15) is 0 Å². The van der Waals surface area contributed by atoms with Crippen molar-refractivity contribution in [1.82, 2.24) is 10.0 Å². The molecule has 1 aromatic carbocycles. The largest absolute Gasteiger partial charge is 0.354 e. The molecular formula is C16H26N2O3S2. The molecule has 0 radical (unpaired) electrons. The van der Waals surface area contributed by atoms with Crippen LogP contribution >= 0.6 is 11.8 Å². The number of benzene rings is 1. The molecule has 0 aliphatic carbocycles. The lowest BCUT2D eigenvalue weighted by Gasteiger charge is -2.12. The van der Waals surface area contributed by atoms with E-state index >= 15 is 0 Å². The maximum atomic E-state index is 12.1. The fourth-order valence-corrected chi connectivity index (χ4v) is 3.87. The minimum atomic E-state index is -3.52. The number of hydrogen-bond acceptors (Lipinski definition) is 4. The van der Waals surface area contributed by atoms with Gasteiger partial charge < -0.3 is 5.32 Å². The van der Waals surface area contributed by atoms with Gasteiger partial charge in [-0.15, -0.1) is 11.8 Å². The Morgan fingerprint density at radius 3 is 2.48 bits per heavy atom. The van der Waals surface area contributed by atoms with Crippen molar-refractivity contribution < 1.29 is 13.2 Å². The minimum Gasteiger partial charge on any atom is -0.354 e. The van der Waals surface area contributed by atoms with Crippen LogP contribution in [0.25, 0.3) is 0 Å². The van der Waals surface area contributed by atoms with Gasteiger partial charge in [0.15, 0.2) is 0 Å². The van der Waals surface area contributed by atoms with E-state index < -0.39 is 10.0 Å². The Morgan fingerprint density at radius 1 is 1.22 bits per heavy atom. The van der Waals surface area contributed by atoms with Crippen molar-refractivity contribution in [2.24, 2.45) is 0 Å². The summed E-state index contributed by atoms with van der Waals surface area (Å²) in [5.41, 5.74) is 1.01. The molecule has 0 spiro atoms. The number of hydrogen-bond donors (Lipinski definition) is 2. The highest BCUT2D eigenvalue weighted by Crippen LogP contribution is 2.12. The van der Waals surface area contributed by atoms with E-state index in [-0.39, 0.29) is 29.1 Å². The summed E-state index contributed by atoms with van der Waals surface area (Å²) in [5, 5.41) is 2.64. The van der Waals surface area contributed by atoms with E-state index in [1.54, 1.807) is 36.0 Å². The monoisotopic (exact) mass is 358 g/mol. The number of aryl methyl sites for hydroxylation is 1. The fraction of sp³-hybridized carbons (Fsp3) is 0.562. The molecule has 130 valence electrons. The van der Waals surface area contributed by atoms with Crippen LogP contribution in [0.4, 0.5) is 0 Å². The zero-order valence-electron chi connectivity index (χ0n) is 14.0. The Hall–Kier alpha value is -1.05. The van der Waals surface area contributed by atoms with Crippen LogP contribution < -0.4 is 10.0 Å². The first-order valence-corrected chi connectivity index (χ1v) is 10.4. The summed E-state index contributed by atoms with van der Waals surface area (Å²) in [5.74, 6) is 0.908. The van der Waals surface area contributed by atoms with Gasteiger partial charge in [-0.25, -0.2) is 13.1 Å². The highest BCUT2D eigenvalue weighted by Gasteiger charge is 2.14. The van der Waals surface area contributed by atoms with Crippen LogP contribution in [0.5, 0.6) is 0 Å². The van der Waals surface area contributed by atoms with Crippen molar-refractivity contribution in [3.63, 3.8) is 0 Å². The van der Waals surface area contributed by atoms with Crippen LogP contribution in [-0.2, 0) is 14.8 Å². The maximum Gasteiger partial charge on any atom is 0.240 e. The second kappa shape index (κ2) is 9.95. The molecule has 1 atom stereocenters. The second-order valence-electron chi connectivity index (χ2n) is 5.37. The predicted octanol–water partition coefficient (Wildman–Crippen LogP) is 2.31. The van der Waals surface area contributed by atoms with E-state index in [4.69, 9.17) is 0 Å². The number of unbranched alkanes of at least 4 members (excludes halogenated alkanes) is 1. The van der Waals surface area contributed by atoms with Crippen molar-refractivity contribution in [1.29, 1.82) is 0 Å². The number of thioether (sulfide) groups is 1. The number of carbonyl (C=O) groups is 1. The summed E-state index contributed by atoms with van der Waals surface area (Å²) in [7, 11) is -3.52. The Balaban J connectivity index is 2.33. The van der Waals surface area contributed by atoms with Crippen molar-refractivity contribution in [3.8, 4) is 0 Å². The van der Waals surface area contributed by atoms with Crippen LogP contribution in [-0.4, -0.2) is 38.4 Å². The van der Waals surface area contributed by atoms with E-state index in [9.17, 15) is 13.2 Å². The van der Waals surface area contributed by atoms with E-state index in [1.165, 1.54) is 0 Å². The molecule has 1 amide bonds. The minimum absolute atomic E-state index is 0.0550. The van der Waals surface area contributed by atoms with Crippen molar-refractivity contribution >= 4 is 27.7 Å². The van der Waals surface area contributed by atoms with E-state index in [2.05, 4.69) is 17.0 Å². The Labute approximate surface area is 143 Å². The molecule has 2 N–H and O–H groups in total.